The molecule has 0 spiro atoms. The van der Waals surface area contributed by atoms with Gasteiger partial charge in [0.05, 0.1) is 11.8 Å². The van der Waals surface area contributed by atoms with Gasteiger partial charge in [0.15, 0.2) is 0 Å². The van der Waals surface area contributed by atoms with Crippen molar-refractivity contribution in [3.05, 3.63) is 18.0 Å². The molecule has 1 amide bonds. The van der Waals surface area contributed by atoms with Crippen molar-refractivity contribution in [2.75, 3.05) is 13.1 Å². The Hall–Kier alpha value is -1.36. The number of hydrogen-bond acceptors (Lipinski definition) is 3. The van der Waals surface area contributed by atoms with Crippen LogP contribution in [0.1, 0.15) is 25.8 Å². The van der Waals surface area contributed by atoms with Crippen LogP contribution in [0.2, 0.25) is 0 Å². The molecule has 1 fully saturated rings. The van der Waals surface area contributed by atoms with Crippen LogP contribution < -0.4 is 0 Å². The first-order chi connectivity index (χ1) is 8.36. The highest BCUT2D eigenvalue weighted by Crippen LogP contribution is 2.27. The van der Waals surface area contributed by atoms with Crippen molar-refractivity contribution in [3.8, 4) is 0 Å². The first-order valence-electron chi connectivity index (χ1n) is 6.35. The summed E-state index contributed by atoms with van der Waals surface area (Å²) in [5.74, 6) is 0.241. The van der Waals surface area contributed by atoms with Gasteiger partial charge in [-0.15, -0.1) is 0 Å². The summed E-state index contributed by atoms with van der Waals surface area (Å²) in [5, 5.41) is 14.1. The van der Waals surface area contributed by atoms with E-state index < -0.39 is 5.60 Å². The third-order valence-electron chi connectivity index (χ3n) is 3.60. The van der Waals surface area contributed by atoms with E-state index in [0.29, 0.717) is 6.54 Å². The van der Waals surface area contributed by atoms with Crippen LogP contribution >= 0.6 is 0 Å². The summed E-state index contributed by atoms with van der Waals surface area (Å²) in [6.45, 7) is 7.22. The molecule has 0 radical (unpaired) electrons. The Bertz CT molecular complexity index is 434. The van der Waals surface area contributed by atoms with Crippen LogP contribution in [0.3, 0.4) is 0 Å². The number of aliphatic hydroxyl groups is 1. The lowest BCUT2D eigenvalue weighted by Gasteiger charge is -2.25. The maximum absolute atomic E-state index is 12.1. The van der Waals surface area contributed by atoms with E-state index in [2.05, 4.69) is 5.10 Å². The molecule has 1 aliphatic heterocycles. The molecule has 1 aliphatic rings. The Labute approximate surface area is 107 Å². The molecule has 2 rings (SSSR count). The van der Waals surface area contributed by atoms with Crippen molar-refractivity contribution >= 4 is 5.91 Å². The topological polar surface area (TPSA) is 58.4 Å². The molecule has 0 aromatic carbocycles. The van der Waals surface area contributed by atoms with Crippen molar-refractivity contribution in [2.45, 2.75) is 39.3 Å². The molecule has 0 unspecified atom stereocenters. The molecule has 5 heteroatoms. The van der Waals surface area contributed by atoms with Crippen molar-refractivity contribution in [1.29, 1.82) is 0 Å². The van der Waals surface area contributed by atoms with Crippen molar-refractivity contribution in [3.63, 3.8) is 0 Å². The second-order valence-electron chi connectivity index (χ2n) is 5.69. The number of carbonyl (C=O) groups is 1. The number of nitrogens with zero attached hydrogens (tertiary/aromatic N) is 3. The van der Waals surface area contributed by atoms with E-state index in [1.54, 1.807) is 10.9 Å². The third-order valence-corrected chi connectivity index (χ3v) is 3.60. The molecule has 5 nitrogen and oxygen atoms in total. The van der Waals surface area contributed by atoms with Crippen LogP contribution in [-0.2, 0) is 11.3 Å². The fraction of sp³-hybridized carbons (Fsp3) is 0.692. The molecular weight excluding hydrogens is 230 g/mol. The normalized spacial score (nSPS) is 20.4. The Balaban J connectivity index is 1.92. The summed E-state index contributed by atoms with van der Waals surface area (Å²) in [5.41, 5.74) is 0.343. The number of rotatable bonds is 3. The zero-order valence-corrected chi connectivity index (χ0v) is 11.3. The monoisotopic (exact) mass is 251 g/mol. The Morgan fingerprint density at radius 2 is 2.33 bits per heavy atom. The van der Waals surface area contributed by atoms with E-state index in [1.807, 2.05) is 31.9 Å². The largest absolute Gasteiger partial charge is 0.390 e. The van der Waals surface area contributed by atoms with Crippen LogP contribution in [0.25, 0.3) is 0 Å². The smallest absolute Gasteiger partial charge is 0.244 e. The fourth-order valence-electron chi connectivity index (χ4n) is 2.36. The average molecular weight is 251 g/mol. The first kappa shape index (κ1) is 13.1. The second-order valence-corrected chi connectivity index (χ2v) is 5.69. The lowest BCUT2D eigenvalue weighted by atomic mass is 9.90. The summed E-state index contributed by atoms with van der Waals surface area (Å²) in [7, 11) is 0. The van der Waals surface area contributed by atoms with Crippen LogP contribution in [-0.4, -0.2) is 44.4 Å². The number of aryl methyl sites for hydroxylation is 1. The predicted octanol–water partition coefficient (Wildman–Crippen LogP) is 0.811. The average Bonchev–Trinajstić information content (AvgIpc) is 2.85. The Morgan fingerprint density at radius 3 is 2.83 bits per heavy atom. The second kappa shape index (κ2) is 4.72. The van der Waals surface area contributed by atoms with Gasteiger partial charge < -0.3 is 10.0 Å². The number of amides is 1. The summed E-state index contributed by atoms with van der Waals surface area (Å²) < 4.78 is 1.66. The highest BCUT2D eigenvalue weighted by Gasteiger charge is 2.35. The molecule has 2 heterocycles. The Morgan fingerprint density at radius 1 is 1.61 bits per heavy atom. The molecule has 0 bridgehead atoms. The van der Waals surface area contributed by atoms with Crippen molar-refractivity contribution in [2.24, 2.45) is 5.92 Å². The number of carbonyl (C=O) groups excluding carboxylic acids is 1. The highest BCUT2D eigenvalue weighted by molar-refractivity contribution is 5.76. The lowest BCUT2D eigenvalue weighted by molar-refractivity contribution is -0.131. The van der Waals surface area contributed by atoms with Gasteiger partial charge in [-0.3, -0.25) is 9.48 Å². The minimum Gasteiger partial charge on any atom is -0.390 e. The molecule has 100 valence electrons. The summed E-state index contributed by atoms with van der Waals surface area (Å²) >= 11 is 0. The maximum Gasteiger partial charge on any atom is 0.244 e. The highest BCUT2D eigenvalue weighted by atomic mass is 16.3. The molecule has 1 N–H and O–H groups in total. The minimum atomic E-state index is -0.711. The summed E-state index contributed by atoms with van der Waals surface area (Å²) in [6.07, 6.45) is 4.48. The minimum absolute atomic E-state index is 0.0739. The van der Waals surface area contributed by atoms with E-state index in [-0.39, 0.29) is 18.4 Å². The molecule has 0 saturated carbocycles. The lowest BCUT2D eigenvalue weighted by Crippen LogP contribution is -2.36. The maximum atomic E-state index is 12.1. The number of aromatic nitrogens is 2. The third kappa shape index (κ3) is 2.90. The van der Waals surface area contributed by atoms with E-state index in [0.717, 1.165) is 18.5 Å². The van der Waals surface area contributed by atoms with Gasteiger partial charge in [0.1, 0.15) is 6.54 Å². The van der Waals surface area contributed by atoms with E-state index in [1.165, 1.54) is 0 Å². The van der Waals surface area contributed by atoms with Crippen LogP contribution in [0.15, 0.2) is 12.4 Å². The van der Waals surface area contributed by atoms with Gasteiger partial charge in [0, 0.05) is 25.2 Å². The quantitative estimate of drug-likeness (QED) is 0.865. The Kier molecular flexibility index (Phi) is 3.43. The van der Waals surface area contributed by atoms with Crippen LogP contribution in [0.5, 0.6) is 0 Å². The van der Waals surface area contributed by atoms with E-state index >= 15 is 0 Å². The standard InChI is InChI=1S/C13H21N3O2/c1-10-6-14-16(7-10)9-12(17)15-5-4-11(8-15)13(2,3)18/h6-7,11,18H,4-5,8-9H2,1-3H3/t11-/m1/s1. The van der Waals surface area contributed by atoms with Gasteiger partial charge in [-0.05, 0) is 32.8 Å². The van der Waals surface area contributed by atoms with Gasteiger partial charge in [0.25, 0.3) is 0 Å². The molecular formula is C13H21N3O2. The molecule has 1 aromatic heterocycles. The molecule has 1 saturated heterocycles. The fourth-order valence-corrected chi connectivity index (χ4v) is 2.36. The summed E-state index contributed by atoms with van der Waals surface area (Å²) in [4.78, 5) is 13.9. The van der Waals surface area contributed by atoms with Crippen LogP contribution in [0, 0.1) is 12.8 Å². The van der Waals surface area contributed by atoms with Gasteiger partial charge >= 0.3 is 0 Å². The van der Waals surface area contributed by atoms with Crippen molar-refractivity contribution in [1.82, 2.24) is 14.7 Å². The van der Waals surface area contributed by atoms with E-state index in [4.69, 9.17) is 0 Å². The zero-order valence-electron chi connectivity index (χ0n) is 11.3. The predicted molar refractivity (Wildman–Crippen MR) is 67.9 cm³/mol. The van der Waals surface area contributed by atoms with Crippen molar-refractivity contribution < 1.29 is 9.90 Å². The number of hydrogen-bond donors (Lipinski definition) is 1. The van der Waals surface area contributed by atoms with Gasteiger partial charge in [-0.1, -0.05) is 0 Å². The van der Waals surface area contributed by atoms with Gasteiger partial charge in [-0.25, -0.2) is 0 Å². The van der Waals surface area contributed by atoms with E-state index in [9.17, 15) is 9.90 Å². The van der Waals surface area contributed by atoms with Gasteiger partial charge in [-0.2, -0.15) is 5.10 Å². The molecule has 18 heavy (non-hydrogen) atoms. The summed E-state index contributed by atoms with van der Waals surface area (Å²) in [6, 6.07) is 0. The van der Waals surface area contributed by atoms with Crippen LogP contribution in [0.4, 0.5) is 0 Å². The molecule has 1 aromatic rings. The van der Waals surface area contributed by atoms with Gasteiger partial charge in [0.2, 0.25) is 5.91 Å². The SMILES string of the molecule is Cc1cnn(CC(=O)N2CC[C@@H](C(C)(C)O)C2)c1. The molecule has 1 atom stereocenters. The number of likely N-dealkylation sites (tertiary alicyclic amines) is 1. The molecule has 0 aliphatic carbocycles. The zero-order chi connectivity index (χ0) is 13.3. The first-order valence-corrected chi connectivity index (χ1v) is 6.35.